The highest BCUT2D eigenvalue weighted by Gasteiger charge is 2.54. The normalized spacial score (nSPS) is 20.7. The lowest BCUT2D eigenvalue weighted by Gasteiger charge is -2.32. The molecule has 1 aliphatic rings. The van der Waals surface area contributed by atoms with Gasteiger partial charge in [-0.1, -0.05) is 18.2 Å². The van der Waals surface area contributed by atoms with Gasteiger partial charge in [-0.2, -0.15) is 0 Å². The van der Waals surface area contributed by atoms with Gasteiger partial charge in [0.25, 0.3) is 0 Å². The first-order valence-electron chi connectivity index (χ1n) is 7.38. The minimum absolute atomic E-state index is 0.0861. The zero-order chi connectivity index (χ0) is 16.5. The van der Waals surface area contributed by atoms with Crippen LogP contribution >= 0.6 is 0 Å². The molecule has 0 bridgehead atoms. The molecular weight excluding hydrogens is 283 g/mol. The minimum atomic E-state index is -0.898. The molecule has 1 saturated heterocycles. The van der Waals surface area contributed by atoms with E-state index < -0.39 is 30.1 Å². The Morgan fingerprint density at radius 2 is 1.77 bits per heavy atom. The van der Waals surface area contributed by atoms with Crippen LogP contribution < -0.4 is 4.74 Å². The van der Waals surface area contributed by atoms with Crippen molar-refractivity contribution in [1.29, 1.82) is 0 Å². The van der Waals surface area contributed by atoms with Gasteiger partial charge < -0.3 is 19.2 Å². The molecule has 1 aromatic rings. The number of rotatable bonds is 5. The molecule has 0 aromatic heterocycles. The Hall–Kier alpha value is -1.53. The molecule has 0 aliphatic carbocycles. The number of carboxylic acids is 1. The summed E-state index contributed by atoms with van der Waals surface area (Å²) in [5.74, 6) is -0.691. The van der Waals surface area contributed by atoms with Crippen molar-refractivity contribution in [2.24, 2.45) is 0 Å². The first-order chi connectivity index (χ1) is 10.2. The smallest absolute Gasteiger partial charge is 0.466 e. The van der Waals surface area contributed by atoms with Crippen LogP contribution in [0.4, 0.5) is 0 Å². The van der Waals surface area contributed by atoms with E-state index in [1.807, 2.05) is 52.0 Å². The van der Waals surface area contributed by atoms with Crippen LogP contribution in [-0.4, -0.2) is 36.5 Å². The van der Waals surface area contributed by atoms with Gasteiger partial charge >= 0.3 is 13.1 Å². The number of methoxy groups -OCH3 is 1. The van der Waals surface area contributed by atoms with Crippen LogP contribution in [-0.2, 0) is 14.1 Å². The Morgan fingerprint density at radius 3 is 2.27 bits per heavy atom. The van der Waals surface area contributed by atoms with E-state index in [-0.39, 0.29) is 6.42 Å². The van der Waals surface area contributed by atoms with E-state index in [0.29, 0.717) is 5.75 Å². The van der Waals surface area contributed by atoms with Crippen molar-refractivity contribution in [1.82, 2.24) is 0 Å². The maximum absolute atomic E-state index is 11.3. The third-order valence-electron chi connectivity index (χ3n) is 4.53. The third kappa shape index (κ3) is 3.13. The Kier molecular flexibility index (Phi) is 4.54. The highest BCUT2D eigenvalue weighted by atomic mass is 16.7. The molecule has 2 rings (SSSR count). The molecule has 1 atom stereocenters. The zero-order valence-electron chi connectivity index (χ0n) is 13.8. The number of hydrogen-bond donors (Lipinski definition) is 1. The fraction of sp³-hybridized carbons (Fsp3) is 0.562. The predicted molar refractivity (Wildman–Crippen MR) is 84.1 cm³/mol. The van der Waals surface area contributed by atoms with E-state index in [0.717, 1.165) is 5.56 Å². The van der Waals surface area contributed by atoms with Crippen molar-refractivity contribution in [2.75, 3.05) is 7.11 Å². The summed E-state index contributed by atoms with van der Waals surface area (Å²) < 4.78 is 17.4. The lowest BCUT2D eigenvalue weighted by atomic mass is 9.66. The summed E-state index contributed by atoms with van der Waals surface area (Å²) in [5.41, 5.74) is -0.224. The topological polar surface area (TPSA) is 65.0 Å². The molecule has 1 unspecified atom stereocenters. The quantitative estimate of drug-likeness (QED) is 0.847. The highest BCUT2D eigenvalue weighted by molar-refractivity contribution is 6.48. The Balaban J connectivity index is 2.38. The molecule has 0 spiro atoms. The Labute approximate surface area is 131 Å². The largest absolute Gasteiger partial charge is 0.496 e. The van der Waals surface area contributed by atoms with E-state index in [1.165, 1.54) is 0 Å². The zero-order valence-corrected chi connectivity index (χ0v) is 13.8. The maximum atomic E-state index is 11.3. The van der Waals surface area contributed by atoms with Gasteiger partial charge in [-0.25, -0.2) is 0 Å². The fourth-order valence-electron chi connectivity index (χ4n) is 2.57. The number of para-hydroxylation sites is 1. The average molecular weight is 306 g/mol. The summed E-state index contributed by atoms with van der Waals surface area (Å²) in [6.07, 6.45) is -0.0861. The Morgan fingerprint density at radius 1 is 1.23 bits per heavy atom. The van der Waals surface area contributed by atoms with Gasteiger partial charge in [0.2, 0.25) is 0 Å². The lowest BCUT2D eigenvalue weighted by molar-refractivity contribution is -0.137. The van der Waals surface area contributed by atoms with Crippen molar-refractivity contribution < 1.29 is 23.9 Å². The van der Waals surface area contributed by atoms with E-state index >= 15 is 0 Å². The monoisotopic (exact) mass is 306 g/mol. The van der Waals surface area contributed by atoms with Crippen molar-refractivity contribution in [2.45, 2.75) is 51.1 Å². The summed E-state index contributed by atoms with van der Waals surface area (Å²) in [4.78, 5) is 11.3. The van der Waals surface area contributed by atoms with Crippen LogP contribution in [0.5, 0.6) is 5.75 Å². The van der Waals surface area contributed by atoms with E-state index in [9.17, 15) is 9.90 Å². The number of carboxylic acid groups (broad SMARTS) is 1. The first-order valence-corrected chi connectivity index (χ1v) is 7.38. The number of benzene rings is 1. The highest BCUT2D eigenvalue weighted by Crippen LogP contribution is 2.43. The van der Waals surface area contributed by atoms with Crippen LogP contribution in [0.3, 0.4) is 0 Å². The van der Waals surface area contributed by atoms with Gasteiger partial charge in [0.15, 0.2) is 0 Å². The van der Waals surface area contributed by atoms with E-state index in [2.05, 4.69) is 0 Å². The summed E-state index contributed by atoms with van der Waals surface area (Å²) in [6.45, 7) is 7.81. The van der Waals surface area contributed by atoms with Crippen molar-refractivity contribution in [3.8, 4) is 5.75 Å². The molecule has 1 fully saturated rings. The molecule has 5 nitrogen and oxygen atoms in total. The molecule has 0 radical (unpaired) electrons. The molecule has 1 N–H and O–H groups in total. The van der Waals surface area contributed by atoms with Crippen LogP contribution in [0.2, 0.25) is 0 Å². The van der Waals surface area contributed by atoms with Gasteiger partial charge in [-0.3, -0.25) is 4.79 Å². The summed E-state index contributed by atoms with van der Waals surface area (Å²) in [7, 11) is 0.943. The molecule has 22 heavy (non-hydrogen) atoms. The second-order valence-corrected chi connectivity index (χ2v) is 6.57. The van der Waals surface area contributed by atoms with Gasteiger partial charge in [-0.05, 0) is 39.3 Å². The Bertz CT molecular complexity index is 539. The molecule has 120 valence electrons. The van der Waals surface area contributed by atoms with Gasteiger partial charge in [0.05, 0.1) is 24.7 Å². The summed E-state index contributed by atoms with van der Waals surface area (Å²) in [6, 6.07) is 7.38. The van der Waals surface area contributed by atoms with Gasteiger partial charge in [-0.15, -0.1) is 0 Å². The molecule has 0 amide bonds. The van der Waals surface area contributed by atoms with Gasteiger partial charge in [0.1, 0.15) is 5.75 Å². The van der Waals surface area contributed by atoms with Crippen LogP contribution in [0.1, 0.15) is 45.5 Å². The molecular formula is C16H23BO5. The van der Waals surface area contributed by atoms with Crippen molar-refractivity contribution in [3.05, 3.63) is 29.8 Å². The average Bonchev–Trinajstić information content (AvgIpc) is 2.64. The van der Waals surface area contributed by atoms with Crippen LogP contribution in [0.15, 0.2) is 24.3 Å². The van der Waals surface area contributed by atoms with E-state index in [4.69, 9.17) is 14.0 Å². The molecule has 1 aliphatic heterocycles. The molecule has 0 saturated carbocycles. The summed E-state index contributed by atoms with van der Waals surface area (Å²) >= 11 is 0. The van der Waals surface area contributed by atoms with Crippen molar-refractivity contribution >= 4 is 13.1 Å². The number of carbonyl (C=O) groups is 1. The lowest BCUT2D eigenvalue weighted by Crippen LogP contribution is -2.41. The number of hydrogen-bond acceptors (Lipinski definition) is 4. The maximum Gasteiger partial charge on any atom is 0.466 e. The van der Waals surface area contributed by atoms with Gasteiger partial charge in [0, 0.05) is 5.82 Å². The van der Waals surface area contributed by atoms with Crippen molar-refractivity contribution in [3.63, 3.8) is 0 Å². The second-order valence-electron chi connectivity index (χ2n) is 6.57. The van der Waals surface area contributed by atoms with Crippen LogP contribution in [0.25, 0.3) is 0 Å². The van der Waals surface area contributed by atoms with Crippen LogP contribution in [0, 0.1) is 0 Å². The summed E-state index contributed by atoms with van der Waals surface area (Å²) in [5, 5.41) is 9.28. The molecule has 1 heterocycles. The number of ether oxygens (including phenoxy) is 1. The predicted octanol–water partition coefficient (Wildman–Crippen LogP) is 2.88. The fourth-order valence-corrected chi connectivity index (χ4v) is 2.57. The standard InChI is InChI=1S/C16H23BO5/c1-15(2)16(3,4)22-17(21-15)12(10-14(18)19)11-8-6-7-9-13(11)20-5/h6-9,12H,10H2,1-5H3,(H,18,19). The van der Waals surface area contributed by atoms with E-state index in [1.54, 1.807) is 7.11 Å². The second kappa shape index (κ2) is 5.93. The number of aliphatic carboxylic acids is 1. The third-order valence-corrected chi connectivity index (χ3v) is 4.53. The first kappa shape index (κ1) is 16.8. The minimum Gasteiger partial charge on any atom is -0.496 e. The molecule has 1 aromatic carbocycles. The SMILES string of the molecule is COc1ccccc1C(CC(=O)O)B1OC(C)(C)C(C)(C)O1. The molecule has 6 heteroatoms.